The standard InChI is InChI=1S/C22H22N2OS/c1-16-11-13-18(14-12-16)24-22(25)21(17-7-4-3-5-8-17)23-19-9-6-10-20(15-19)26-2/h3-15,21,23H,1-2H3,(H,24,25)/t21-/m0/s1. The van der Waals surface area contributed by atoms with Gasteiger partial charge in [0.05, 0.1) is 0 Å². The average Bonchev–Trinajstić information content (AvgIpc) is 2.68. The van der Waals surface area contributed by atoms with Gasteiger partial charge in [-0.25, -0.2) is 0 Å². The van der Waals surface area contributed by atoms with Gasteiger partial charge < -0.3 is 10.6 Å². The summed E-state index contributed by atoms with van der Waals surface area (Å²) in [6, 6.07) is 25.2. The van der Waals surface area contributed by atoms with Crippen molar-refractivity contribution in [3.8, 4) is 0 Å². The first-order valence-electron chi connectivity index (χ1n) is 8.49. The fourth-order valence-corrected chi connectivity index (χ4v) is 3.14. The number of benzene rings is 3. The van der Waals surface area contributed by atoms with Crippen molar-refractivity contribution in [2.45, 2.75) is 17.9 Å². The van der Waals surface area contributed by atoms with Gasteiger partial charge in [0.1, 0.15) is 6.04 Å². The van der Waals surface area contributed by atoms with Crippen LogP contribution in [0.1, 0.15) is 17.2 Å². The summed E-state index contributed by atoms with van der Waals surface area (Å²) < 4.78 is 0. The van der Waals surface area contributed by atoms with Crippen LogP contribution in [0.3, 0.4) is 0 Å². The molecule has 3 aromatic carbocycles. The minimum Gasteiger partial charge on any atom is -0.370 e. The number of amides is 1. The van der Waals surface area contributed by atoms with E-state index in [2.05, 4.69) is 22.8 Å². The molecule has 0 aliphatic rings. The third-order valence-electron chi connectivity index (χ3n) is 4.09. The van der Waals surface area contributed by atoms with Crippen molar-refractivity contribution < 1.29 is 4.79 Å². The first-order chi connectivity index (χ1) is 12.7. The molecule has 1 amide bonds. The van der Waals surface area contributed by atoms with Gasteiger partial charge in [-0.1, -0.05) is 54.1 Å². The molecule has 0 unspecified atom stereocenters. The molecule has 3 rings (SSSR count). The predicted molar refractivity (Wildman–Crippen MR) is 111 cm³/mol. The van der Waals surface area contributed by atoms with Crippen LogP contribution in [0.4, 0.5) is 11.4 Å². The second-order valence-corrected chi connectivity index (χ2v) is 6.95. The summed E-state index contributed by atoms with van der Waals surface area (Å²) >= 11 is 1.68. The van der Waals surface area contributed by atoms with Crippen molar-refractivity contribution in [2.75, 3.05) is 16.9 Å². The molecule has 0 saturated carbocycles. The molecule has 0 heterocycles. The Morgan fingerprint density at radius 1 is 0.885 bits per heavy atom. The second kappa shape index (κ2) is 8.59. The third kappa shape index (κ3) is 4.67. The number of hydrogen-bond acceptors (Lipinski definition) is 3. The first kappa shape index (κ1) is 18.1. The first-order valence-corrected chi connectivity index (χ1v) is 9.71. The van der Waals surface area contributed by atoms with E-state index in [0.29, 0.717) is 0 Å². The lowest BCUT2D eigenvalue weighted by atomic mass is 10.1. The topological polar surface area (TPSA) is 41.1 Å². The number of aryl methyl sites for hydroxylation is 1. The minimum atomic E-state index is -0.477. The number of carbonyl (C=O) groups is 1. The number of nitrogens with one attached hydrogen (secondary N) is 2. The van der Waals surface area contributed by atoms with Gasteiger partial charge in [0.2, 0.25) is 0 Å². The van der Waals surface area contributed by atoms with E-state index in [1.807, 2.05) is 79.9 Å². The summed E-state index contributed by atoms with van der Waals surface area (Å²) in [6.45, 7) is 2.03. The molecule has 0 aliphatic heterocycles. The SMILES string of the molecule is CSc1cccc(N[C@H](C(=O)Nc2ccc(C)cc2)c2ccccc2)c1. The molecule has 0 radical (unpaired) electrons. The summed E-state index contributed by atoms with van der Waals surface area (Å²) in [4.78, 5) is 14.1. The van der Waals surface area contributed by atoms with Gasteiger partial charge >= 0.3 is 0 Å². The number of anilines is 2. The van der Waals surface area contributed by atoms with Crippen LogP contribution >= 0.6 is 11.8 Å². The quantitative estimate of drug-likeness (QED) is 0.568. The van der Waals surface area contributed by atoms with Gasteiger partial charge in [0.15, 0.2) is 0 Å². The van der Waals surface area contributed by atoms with Crippen molar-refractivity contribution >= 4 is 29.0 Å². The van der Waals surface area contributed by atoms with Crippen LogP contribution in [0.2, 0.25) is 0 Å². The lowest BCUT2D eigenvalue weighted by Crippen LogP contribution is -2.27. The molecular formula is C22H22N2OS. The summed E-state index contributed by atoms with van der Waals surface area (Å²) in [6.07, 6.45) is 2.04. The van der Waals surface area contributed by atoms with E-state index < -0.39 is 6.04 Å². The van der Waals surface area contributed by atoms with Crippen molar-refractivity contribution in [1.82, 2.24) is 0 Å². The highest BCUT2D eigenvalue weighted by Gasteiger charge is 2.20. The lowest BCUT2D eigenvalue weighted by molar-refractivity contribution is -0.117. The van der Waals surface area contributed by atoms with Gasteiger partial charge in [-0.3, -0.25) is 4.79 Å². The molecule has 1 atom stereocenters. The number of thioether (sulfide) groups is 1. The molecule has 26 heavy (non-hydrogen) atoms. The van der Waals surface area contributed by atoms with Crippen LogP contribution in [0.25, 0.3) is 0 Å². The van der Waals surface area contributed by atoms with Gasteiger partial charge in [-0.15, -0.1) is 11.8 Å². The molecule has 0 saturated heterocycles. The Labute approximate surface area is 158 Å². The molecule has 0 spiro atoms. The highest BCUT2D eigenvalue weighted by Crippen LogP contribution is 2.25. The maximum absolute atomic E-state index is 13.0. The smallest absolute Gasteiger partial charge is 0.251 e. The van der Waals surface area contributed by atoms with E-state index in [1.165, 1.54) is 0 Å². The lowest BCUT2D eigenvalue weighted by Gasteiger charge is -2.20. The number of hydrogen-bond donors (Lipinski definition) is 2. The predicted octanol–water partition coefficient (Wildman–Crippen LogP) is 5.51. The maximum atomic E-state index is 13.0. The molecule has 0 aliphatic carbocycles. The van der Waals surface area contributed by atoms with Gasteiger partial charge in [0.25, 0.3) is 5.91 Å². The van der Waals surface area contributed by atoms with E-state index in [-0.39, 0.29) is 5.91 Å². The van der Waals surface area contributed by atoms with Crippen molar-refractivity contribution in [2.24, 2.45) is 0 Å². The summed E-state index contributed by atoms with van der Waals surface area (Å²) in [5.74, 6) is -0.0883. The summed E-state index contributed by atoms with van der Waals surface area (Å²) in [7, 11) is 0. The minimum absolute atomic E-state index is 0.0883. The zero-order valence-electron chi connectivity index (χ0n) is 14.9. The Kier molecular flexibility index (Phi) is 5.97. The van der Waals surface area contributed by atoms with Crippen LogP contribution < -0.4 is 10.6 Å². The monoisotopic (exact) mass is 362 g/mol. The number of rotatable bonds is 6. The van der Waals surface area contributed by atoms with Crippen molar-refractivity contribution in [1.29, 1.82) is 0 Å². The Balaban J connectivity index is 1.85. The zero-order valence-corrected chi connectivity index (χ0v) is 15.7. The fourth-order valence-electron chi connectivity index (χ4n) is 2.68. The molecule has 0 aromatic heterocycles. The largest absolute Gasteiger partial charge is 0.370 e. The normalized spacial score (nSPS) is 11.6. The van der Waals surface area contributed by atoms with E-state index in [0.717, 1.165) is 27.4 Å². The van der Waals surface area contributed by atoms with Crippen LogP contribution in [-0.4, -0.2) is 12.2 Å². The Bertz CT molecular complexity index is 863. The fraction of sp³-hybridized carbons (Fsp3) is 0.136. The molecule has 2 N–H and O–H groups in total. The second-order valence-electron chi connectivity index (χ2n) is 6.08. The molecular weight excluding hydrogens is 340 g/mol. The van der Waals surface area contributed by atoms with Gasteiger partial charge in [-0.05, 0) is 49.1 Å². The van der Waals surface area contributed by atoms with Crippen LogP contribution in [0, 0.1) is 6.92 Å². The van der Waals surface area contributed by atoms with Gasteiger partial charge in [0, 0.05) is 16.3 Å². The molecule has 0 bridgehead atoms. The summed E-state index contributed by atoms with van der Waals surface area (Å²) in [5.41, 5.74) is 3.80. The Morgan fingerprint density at radius 2 is 1.62 bits per heavy atom. The van der Waals surface area contributed by atoms with Gasteiger partial charge in [-0.2, -0.15) is 0 Å². The van der Waals surface area contributed by atoms with Crippen molar-refractivity contribution in [3.05, 3.63) is 90.0 Å². The van der Waals surface area contributed by atoms with E-state index >= 15 is 0 Å². The van der Waals surface area contributed by atoms with Crippen molar-refractivity contribution in [3.63, 3.8) is 0 Å². The average molecular weight is 362 g/mol. The molecule has 132 valence electrons. The highest BCUT2D eigenvalue weighted by atomic mass is 32.2. The van der Waals surface area contributed by atoms with Crippen LogP contribution in [-0.2, 0) is 4.79 Å². The highest BCUT2D eigenvalue weighted by molar-refractivity contribution is 7.98. The van der Waals surface area contributed by atoms with Crippen LogP contribution in [0.5, 0.6) is 0 Å². The maximum Gasteiger partial charge on any atom is 0.251 e. The molecule has 0 fully saturated rings. The Morgan fingerprint density at radius 3 is 2.31 bits per heavy atom. The van der Waals surface area contributed by atoms with E-state index in [9.17, 15) is 4.79 Å². The van der Waals surface area contributed by atoms with E-state index in [4.69, 9.17) is 0 Å². The molecule has 3 nitrogen and oxygen atoms in total. The molecule has 4 heteroatoms. The third-order valence-corrected chi connectivity index (χ3v) is 4.82. The van der Waals surface area contributed by atoms with E-state index in [1.54, 1.807) is 11.8 Å². The summed E-state index contributed by atoms with van der Waals surface area (Å²) in [5, 5.41) is 6.39. The number of carbonyl (C=O) groups excluding carboxylic acids is 1. The molecule has 3 aromatic rings. The van der Waals surface area contributed by atoms with Crippen LogP contribution in [0.15, 0.2) is 83.8 Å². The zero-order chi connectivity index (χ0) is 18.4. The Hall–Kier alpha value is -2.72.